The van der Waals surface area contributed by atoms with Crippen LogP contribution in [0.3, 0.4) is 0 Å². The molecule has 1 N–H and O–H groups in total. The van der Waals surface area contributed by atoms with Gasteiger partial charge in [-0.25, -0.2) is 4.98 Å². The molecular formula is C24H28N6O. The van der Waals surface area contributed by atoms with Gasteiger partial charge in [-0.2, -0.15) is 5.26 Å². The minimum atomic E-state index is 0.0159. The number of nitriles is 1. The minimum Gasteiger partial charge on any atom is -0.347 e. The Morgan fingerprint density at radius 2 is 2.16 bits per heavy atom. The molecule has 1 saturated carbocycles. The average Bonchev–Trinajstić information content (AvgIpc) is 3.56. The molecule has 2 aliphatic heterocycles. The van der Waals surface area contributed by atoms with Gasteiger partial charge in [-0.05, 0) is 48.9 Å². The Balaban J connectivity index is 1.19. The fraction of sp³-hybridized carbons (Fsp3) is 0.500. The number of pyridine rings is 2. The lowest BCUT2D eigenvalue weighted by molar-refractivity contribution is -0.132. The van der Waals surface area contributed by atoms with Crippen molar-refractivity contribution in [2.75, 3.05) is 24.5 Å². The molecule has 4 heterocycles. The van der Waals surface area contributed by atoms with Gasteiger partial charge in [0.25, 0.3) is 0 Å². The van der Waals surface area contributed by atoms with E-state index in [1.54, 1.807) is 12.4 Å². The van der Waals surface area contributed by atoms with Gasteiger partial charge < -0.3 is 15.1 Å². The van der Waals surface area contributed by atoms with Crippen LogP contribution in [0, 0.1) is 17.2 Å². The van der Waals surface area contributed by atoms with Crippen LogP contribution >= 0.6 is 0 Å². The van der Waals surface area contributed by atoms with E-state index in [0.717, 1.165) is 38.2 Å². The third kappa shape index (κ3) is 3.77. The molecule has 2 bridgehead atoms. The van der Waals surface area contributed by atoms with Crippen molar-refractivity contribution in [2.45, 2.75) is 50.2 Å². The van der Waals surface area contributed by atoms with Crippen molar-refractivity contribution in [3.05, 3.63) is 54.0 Å². The molecular weight excluding hydrogens is 388 g/mol. The molecule has 0 radical (unpaired) electrons. The second kappa shape index (κ2) is 7.93. The Morgan fingerprint density at radius 3 is 2.81 bits per heavy atom. The maximum Gasteiger partial charge on any atom is 0.223 e. The van der Waals surface area contributed by atoms with Crippen LogP contribution in [-0.4, -0.2) is 52.5 Å². The highest BCUT2D eigenvalue weighted by molar-refractivity contribution is 5.77. The van der Waals surface area contributed by atoms with Gasteiger partial charge in [0.15, 0.2) is 0 Å². The number of likely N-dealkylation sites (tertiary alicyclic amines) is 1. The number of hydrogen-bond acceptors (Lipinski definition) is 6. The van der Waals surface area contributed by atoms with Crippen LogP contribution in [0.4, 0.5) is 5.82 Å². The molecule has 1 amide bonds. The van der Waals surface area contributed by atoms with E-state index in [2.05, 4.69) is 39.2 Å². The molecule has 2 aromatic heterocycles. The first kappa shape index (κ1) is 20.0. The summed E-state index contributed by atoms with van der Waals surface area (Å²) in [5, 5.41) is 12.6. The average molecular weight is 417 g/mol. The summed E-state index contributed by atoms with van der Waals surface area (Å²) in [5.41, 5.74) is 1.81. The summed E-state index contributed by atoms with van der Waals surface area (Å²) >= 11 is 0. The van der Waals surface area contributed by atoms with E-state index in [0.29, 0.717) is 24.4 Å². The number of anilines is 1. The van der Waals surface area contributed by atoms with Gasteiger partial charge in [-0.1, -0.05) is 13.0 Å². The second-order valence-corrected chi connectivity index (χ2v) is 9.16. The molecule has 2 aromatic rings. The predicted molar refractivity (Wildman–Crippen MR) is 117 cm³/mol. The third-order valence-corrected chi connectivity index (χ3v) is 7.15. The number of fused-ring (bicyclic) bond motifs is 2. The first-order valence-electron chi connectivity index (χ1n) is 11.2. The van der Waals surface area contributed by atoms with Crippen LogP contribution in [0.25, 0.3) is 0 Å². The number of carbonyl (C=O) groups excluding carboxylic acids is 1. The highest BCUT2D eigenvalue weighted by Gasteiger charge is 2.46. The minimum absolute atomic E-state index is 0.0159. The lowest BCUT2D eigenvalue weighted by Gasteiger charge is -2.42. The van der Waals surface area contributed by atoms with Crippen molar-refractivity contribution in [1.82, 2.24) is 20.2 Å². The quantitative estimate of drug-likeness (QED) is 0.779. The normalized spacial score (nSPS) is 25.9. The molecule has 3 fully saturated rings. The van der Waals surface area contributed by atoms with Crippen molar-refractivity contribution < 1.29 is 4.79 Å². The maximum absolute atomic E-state index is 13.0. The van der Waals surface area contributed by atoms with E-state index in [9.17, 15) is 4.79 Å². The number of nitrogens with one attached hydrogen (secondary N) is 1. The van der Waals surface area contributed by atoms with Crippen LogP contribution in [0.5, 0.6) is 0 Å². The van der Waals surface area contributed by atoms with Gasteiger partial charge in [0.05, 0.1) is 11.6 Å². The summed E-state index contributed by atoms with van der Waals surface area (Å²) in [7, 11) is 0. The van der Waals surface area contributed by atoms with E-state index in [1.165, 1.54) is 5.56 Å². The van der Waals surface area contributed by atoms with E-state index in [4.69, 9.17) is 5.26 Å². The lowest BCUT2D eigenvalue weighted by atomic mass is 10.0. The van der Waals surface area contributed by atoms with E-state index < -0.39 is 0 Å². The van der Waals surface area contributed by atoms with Gasteiger partial charge >= 0.3 is 0 Å². The van der Waals surface area contributed by atoms with Crippen LogP contribution in [0.15, 0.2) is 42.9 Å². The number of nitrogens with zero attached hydrogens (tertiary/aromatic N) is 5. The number of amides is 1. The largest absolute Gasteiger partial charge is 0.347 e. The number of rotatable bonds is 6. The zero-order valence-corrected chi connectivity index (χ0v) is 17.9. The number of piperazine rings is 1. The van der Waals surface area contributed by atoms with Crippen molar-refractivity contribution in [1.29, 1.82) is 5.26 Å². The Labute approximate surface area is 183 Å². The van der Waals surface area contributed by atoms with Crippen LogP contribution in [0.2, 0.25) is 0 Å². The first-order chi connectivity index (χ1) is 15.1. The molecule has 160 valence electrons. The molecule has 2 saturated heterocycles. The number of carbonyl (C=O) groups is 1. The highest BCUT2D eigenvalue weighted by Crippen LogP contribution is 2.45. The lowest BCUT2D eigenvalue weighted by Crippen LogP contribution is -2.56. The van der Waals surface area contributed by atoms with Crippen LogP contribution < -0.4 is 10.2 Å². The van der Waals surface area contributed by atoms with Gasteiger partial charge in [-0.3, -0.25) is 9.78 Å². The van der Waals surface area contributed by atoms with Crippen molar-refractivity contribution in [2.24, 2.45) is 5.92 Å². The summed E-state index contributed by atoms with van der Waals surface area (Å²) in [6.45, 7) is 4.44. The Bertz CT molecular complexity index is 981. The van der Waals surface area contributed by atoms with E-state index in [-0.39, 0.29) is 23.5 Å². The SMILES string of the molecule is C[C@H]1CC2CN(C(=O)CCNC3(c4cccnc4)CC3)CC1N2c1ccc(C#N)cn1. The van der Waals surface area contributed by atoms with Crippen LogP contribution in [-0.2, 0) is 10.3 Å². The van der Waals surface area contributed by atoms with E-state index in [1.807, 2.05) is 29.3 Å². The van der Waals surface area contributed by atoms with Gasteiger partial charge in [-0.15, -0.1) is 0 Å². The van der Waals surface area contributed by atoms with Gasteiger partial charge in [0, 0.05) is 56.2 Å². The predicted octanol–water partition coefficient (Wildman–Crippen LogP) is 2.44. The summed E-state index contributed by atoms with van der Waals surface area (Å²) < 4.78 is 0. The van der Waals surface area contributed by atoms with Gasteiger partial charge in [0.2, 0.25) is 5.91 Å². The monoisotopic (exact) mass is 416 g/mol. The van der Waals surface area contributed by atoms with E-state index >= 15 is 0 Å². The topological polar surface area (TPSA) is 85.2 Å². The smallest absolute Gasteiger partial charge is 0.223 e. The zero-order valence-electron chi connectivity index (χ0n) is 17.9. The molecule has 5 rings (SSSR count). The standard InChI is InChI=1S/C24H28N6O/c1-17-11-20-15-29(16-21(17)30(20)22-5-4-18(12-25)13-27-22)23(31)6-10-28-24(7-8-24)19-3-2-9-26-14-19/h2-5,9,13-14,17,20-21,28H,6-8,10-11,15-16H2,1H3/t17-,20?,21?/m0/s1. The summed E-state index contributed by atoms with van der Waals surface area (Å²) in [6.07, 6.45) is 9.15. The van der Waals surface area contributed by atoms with Crippen LogP contribution in [0.1, 0.15) is 43.7 Å². The Kier molecular flexibility index (Phi) is 5.11. The van der Waals surface area contributed by atoms with Gasteiger partial charge in [0.1, 0.15) is 11.9 Å². The molecule has 3 aliphatic rings. The molecule has 0 spiro atoms. The molecule has 0 aromatic carbocycles. The number of hydrogen-bond donors (Lipinski definition) is 1. The third-order valence-electron chi connectivity index (χ3n) is 7.15. The molecule has 31 heavy (non-hydrogen) atoms. The zero-order chi connectivity index (χ0) is 21.4. The van der Waals surface area contributed by atoms with Crippen molar-refractivity contribution in [3.8, 4) is 6.07 Å². The first-order valence-corrected chi connectivity index (χ1v) is 11.2. The molecule has 3 atom stereocenters. The summed E-state index contributed by atoms with van der Waals surface area (Å²) in [6, 6.07) is 10.5. The Morgan fingerprint density at radius 1 is 1.29 bits per heavy atom. The fourth-order valence-corrected chi connectivity index (χ4v) is 5.30. The summed E-state index contributed by atoms with van der Waals surface area (Å²) in [4.78, 5) is 26.2. The highest BCUT2D eigenvalue weighted by atomic mass is 16.2. The summed E-state index contributed by atoms with van der Waals surface area (Å²) in [5.74, 6) is 1.66. The van der Waals surface area contributed by atoms with Crippen molar-refractivity contribution in [3.63, 3.8) is 0 Å². The van der Waals surface area contributed by atoms with Crippen molar-refractivity contribution >= 4 is 11.7 Å². The number of aromatic nitrogens is 2. The Hall–Kier alpha value is -2.98. The maximum atomic E-state index is 13.0. The fourth-order valence-electron chi connectivity index (χ4n) is 5.30. The molecule has 7 nitrogen and oxygen atoms in total. The second-order valence-electron chi connectivity index (χ2n) is 9.16. The molecule has 7 heteroatoms. The molecule has 1 aliphatic carbocycles. The molecule has 2 unspecified atom stereocenters.